The molecule has 10 heteroatoms. The van der Waals surface area contributed by atoms with Crippen LogP contribution < -0.4 is 25.0 Å². The summed E-state index contributed by atoms with van der Waals surface area (Å²) in [5.74, 6) is 0.724. The highest BCUT2D eigenvalue weighted by Gasteiger charge is 2.20. The highest BCUT2D eigenvalue weighted by molar-refractivity contribution is 5.86. The first kappa shape index (κ1) is 22.8. The monoisotopic (exact) mass is 444 g/mol. The predicted molar refractivity (Wildman–Crippen MR) is 113 cm³/mol. The van der Waals surface area contributed by atoms with Gasteiger partial charge in [-0.05, 0) is 49.1 Å². The minimum Gasteiger partial charge on any atom is -0.504 e. The SMILES string of the molecule is COc1ccc([C@H](CCC/C=C/C(=O)NO)OC(=O)Nc2ccc3c(c2)OCO3)cc1O. The quantitative estimate of drug-likeness (QED) is 0.199. The van der Waals surface area contributed by atoms with Gasteiger partial charge in [-0.25, -0.2) is 10.3 Å². The molecule has 2 aromatic rings. The van der Waals surface area contributed by atoms with Crippen LogP contribution in [-0.4, -0.2) is 36.2 Å². The first-order valence-electron chi connectivity index (χ1n) is 9.85. The fourth-order valence-corrected chi connectivity index (χ4v) is 3.10. The topological polar surface area (TPSA) is 136 Å². The van der Waals surface area contributed by atoms with Crippen LogP contribution in [0.2, 0.25) is 0 Å². The van der Waals surface area contributed by atoms with Gasteiger partial charge in [-0.15, -0.1) is 0 Å². The number of phenols is 1. The molecular formula is C22H24N2O8. The molecule has 1 atom stereocenters. The standard InChI is InChI=1S/C22H24N2O8/c1-29-18-9-7-14(11-16(18)25)17(5-3-2-4-6-21(26)24-28)32-22(27)23-15-8-10-19-20(12-15)31-13-30-19/h4,6-12,17,25,28H,2-3,5,13H2,1H3,(H,23,27)(H,24,26)/b6-4+/t17-/m0/s1. The molecule has 0 bridgehead atoms. The molecule has 1 heterocycles. The van der Waals surface area contributed by atoms with E-state index >= 15 is 0 Å². The first-order chi connectivity index (χ1) is 15.5. The lowest BCUT2D eigenvalue weighted by molar-refractivity contribution is -0.124. The van der Waals surface area contributed by atoms with E-state index in [-0.39, 0.29) is 12.5 Å². The predicted octanol–water partition coefficient (Wildman–Crippen LogP) is 3.65. The highest BCUT2D eigenvalue weighted by atomic mass is 16.7. The molecule has 4 N–H and O–H groups in total. The molecule has 0 aromatic heterocycles. The van der Waals surface area contributed by atoms with E-state index in [4.69, 9.17) is 24.2 Å². The number of fused-ring (bicyclic) bond motifs is 1. The number of methoxy groups -OCH3 is 1. The van der Waals surface area contributed by atoms with E-state index in [1.165, 1.54) is 24.7 Å². The summed E-state index contributed by atoms with van der Waals surface area (Å²) in [6.45, 7) is 0.126. The molecule has 1 aliphatic heterocycles. The molecule has 0 saturated carbocycles. The van der Waals surface area contributed by atoms with Crippen molar-refractivity contribution in [2.75, 3.05) is 19.2 Å². The number of carbonyl (C=O) groups excluding carboxylic acids is 2. The number of ether oxygens (including phenoxy) is 4. The lowest BCUT2D eigenvalue weighted by Gasteiger charge is -2.19. The number of benzene rings is 2. The third-order valence-corrected chi connectivity index (χ3v) is 4.66. The number of phenolic OH excluding ortho intramolecular Hbond substituents is 1. The molecule has 32 heavy (non-hydrogen) atoms. The van der Waals surface area contributed by atoms with Crippen LogP contribution in [0.15, 0.2) is 48.6 Å². The minimum absolute atomic E-state index is 0.0747. The Bertz CT molecular complexity index is 992. The van der Waals surface area contributed by atoms with Gasteiger partial charge in [0.25, 0.3) is 5.91 Å². The summed E-state index contributed by atoms with van der Waals surface area (Å²) in [6, 6.07) is 9.75. The van der Waals surface area contributed by atoms with Gasteiger partial charge in [0.1, 0.15) is 6.10 Å². The Labute approximate surface area is 184 Å². The van der Waals surface area contributed by atoms with Crippen molar-refractivity contribution >= 4 is 17.7 Å². The Morgan fingerprint density at radius 2 is 2.00 bits per heavy atom. The van der Waals surface area contributed by atoms with Crippen LogP contribution in [0.25, 0.3) is 0 Å². The van der Waals surface area contributed by atoms with Crippen molar-refractivity contribution in [3.05, 3.63) is 54.1 Å². The number of anilines is 1. The Hall–Kier alpha value is -3.92. The molecule has 2 aromatic carbocycles. The average molecular weight is 444 g/mol. The number of unbranched alkanes of at least 4 members (excludes halogenated alkanes) is 1. The van der Waals surface area contributed by atoms with Gasteiger partial charge >= 0.3 is 6.09 Å². The summed E-state index contributed by atoms with van der Waals surface area (Å²) in [7, 11) is 1.44. The van der Waals surface area contributed by atoms with E-state index < -0.39 is 18.1 Å². The second kappa shape index (κ2) is 10.9. The molecule has 2 amide bonds. The zero-order chi connectivity index (χ0) is 22.9. The van der Waals surface area contributed by atoms with E-state index in [9.17, 15) is 14.7 Å². The van der Waals surface area contributed by atoms with Crippen molar-refractivity contribution in [1.82, 2.24) is 5.48 Å². The van der Waals surface area contributed by atoms with Crippen LogP contribution in [0.3, 0.4) is 0 Å². The second-order valence-corrected chi connectivity index (χ2v) is 6.83. The summed E-state index contributed by atoms with van der Waals surface area (Å²) in [5.41, 5.74) is 2.58. The number of hydroxylamine groups is 1. The van der Waals surface area contributed by atoms with Gasteiger partial charge < -0.3 is 24.1 Å². The zero-order valence-electron chi connectivity index (χ0n) is 17.4. The van der Waals surface area contributed by atoms with Crippen molar-refractivity contribution < 1.29 is 38.9 Å². The number of hydrogen-bond acceptors (Lipinski definition) is 8. The van der Waals surface area contributed by atoms with Crippen LogP contribution in [0.1, 0.15) is 30.9 Å². The molecule has 0 spiro atoms. The molecule has 1 aliphatic rings. The maximum absolute atomic E-state index is 12.5. The minimum atomic E-state index is -0.681. The summed E-state index contributed by atoms with van der Waals surface area (Å²) in [4.78, 5) is 23.6. The molecule has 10 nitrogen and oxygen atoms in total. The number of hydrogen-bond donors (Lipinski definition) is 4. The van der Waals surface area contributed by atoms with Crippen LogP contribution in [0.4, 0.5) is 10.5 Å². The number of carbonyl (C=O) groups is 2. The van der Waals surface area contributed by atoms with Crippen molar-refractivity contribution in [1.29, 1.82) is 0 Å². The Morgan fingerprint density at radius 3 is 2.75 bits per heavy atom. The van der Waals surface area contributed by atoms with Crippen LogP contribution >= 0.6 is 0 Å². The third-order valence-electron chi connectivity index (χ3n) is 4.66. The van der Waals surface area contributed by atoms with Crippen LogP contribution in [-0.2, 0) is 9.53 Å². The Kier molecular flexibility index (Phi) is 7.76. The van der Waals surface area contributed by atoms with Gasteiger partial charge in [0.15, 0.2) is 23.0 Å². The first-order valence-corrected chi connectivity index (χ1v) is 9.85. The van der Waals surface area contributed by atoms with E-state index in [0.717, 1.165) is 0 Å². The van der Waals surface area contributed by atoms with Crippen molar-refractivity contribution in [2.24, 2.45) is 0 Å². The van der Waals surface area contributed by atoms with Gasteiger partial charge in [0, 0.05) is 17.8 Å². The molecule has 0 saturated heterocycles. The molecular weight excluding hydrogens is 420 g/mol. The van der Waals surface area contributed by atoms with Crippen molar-refractivity contribution in [3.63, 3.8) is 0 Å². The van der Waals surface area contributed by atoms with Gasteiger partial charge in [0.05, 0.1) is 7.11 Å². The smallest absolute Gasteiger partial charge is 0.412 e. The molecule has 170 valence electrons. The lowest BCUT2D eigenvalue weighted by atomic mass is 10.0. The van der Waals surface area contributed by atoms with Gasteiger partial charge in [0.2, 0.25) is 6.79 Å². The number of nitrogens with one attached hydrogen (secondary N) is 2. The van der Waals surface area contributed by atoms with Crippen molar-refractivity contribution in [3.8, 4) is 23.0 Å². The Morgan fingerprint density at radius 1 is 1.19 bits per heavy atom. The largest absolute Gasteiger partial charge is 0.504 e. The molecule has 0 fully saturated rings. The maximum atomic E-state index is 12.5. The van der Waals surface area contributed by atoms with E-state index in [1.54, 1.807) is 36.4 Å². The lowest BCUT2D eigenvalue weighted by Crippen LogP contribution is -2.17. The van der Waals surface area contributed by atoms with E-state index in [1.807, 2.05) is 0 Å². The number of amides is 2. The number of allylic oxidation sites excluding steroid dienone is 1. The van der Waals surface area contributed by atoms with Gasteiger partial charge in [-0.1, -0.05) is 12.1 Å². The molecule has 0 aliphatic carbocycles. The second-order valence-electron chi connectivity index (χ2n) is 6.83. The molecule has 0 unspecified atom stereocenters. The number of aromatic hydroxyl groups is 1. The fourth-order valence-electron chi connectivity index (χ4n) is 3.10. The Balaban J connectivity index is 1.66. The molecule has 0 radical (unpaired) electrons. The summed E-state index contributed by atoms with van der Waals surface area (Å²) in [5, 5.41) is 21.3. The van der Waals surface area contributed by atoms with Crippen LogP contribution in [0.5, 0.6) is 23.0 Å². The maximum Gasteiger partial charge on any atom is 0.412 e. The zero-order valence-corrected chi connectivity index (χ0v) is 17.4. The van der Waals surface area contributed by atoms with E-state index in [2.05, 4.69) is 5.32 Å². The summed E-state index contributed by atoms with van der Waals surface area (Å²) >= 11 is 0. The summed E-state index contributed by atoms with van der Waals surface area (Å²) < 4.78 is 21.2. The highest BCUT2D eigenvalue weighted by Crippen LogP contribution is 2.35. The van der Waals surface area contributed by atoms with E-state index in [0.29, 0.717) is 47.8 Å². The number of rotatable bonds is 9. The van der Waals surface area contributed by atoms with Gasteiger partial charge in [-0.3, -0.25) is 15.3 Å². The summed E-state index contributed by atoms with van der Waals surface area (Å²) in [6.07, 6.45) is 2.97. The fraction of sp³-hybridized carbons (Fsp3) is 0.273. The van der Waals surface area contributed by atoms with Crippen molar-refractivity contribution in [2.45, 2.75) is 25.4 Å². The van der Waals surface area contributed by atoms with Gasteiger partial charge in [-0.2, -0.15) is 0 Å². The van der Waals surface area contributed by atoms with Crippen LogP contribution in [0, 0.1) is 0 Å². The normalized spacial score (nSPS) is 12.9. The third kappa shape index (κ3) is 6.05. The average Bonchev–Trinajstić information content (AvgIpc) is 3.25. The molecule has 3 rings (SSSR count).